The summed E-state index contributed by atoms with van der Waals surface area (Å²) in [7, 11) is 0. The van der Waals surface area contributed by atoms with Crippen molar-refractivity contribution in [2.75, 3.05) is 17.6 Å². The van der Waals surface area contributed by atoms with Gasteiger partial charge in [-0.2, -0.15) is 0 Å². The minimum atomic E-state index is 0.799. The average Bonchev–Trinajstić information content (AvgIpc) is 2.48. The van der Waals surface area contributed by atoms with Gasteiger partial charge in [-0.3, -0.25) is 0 Å². The molecule has 0 spiro atoms. The Labute approximate surface area is 125 Å². The van der Waals surface area contributed by atoms with Crippen LogP contribution in [0.3, 0.4) is 0 Å². The van der Waals surface area contributed by atoms with Gasteiger partial charge in [0.15, 0.2) is 5.82 Å². The summed E-state index contributed by atoms with van der Waals surface area (Å²) in [6, 6.07) is 10.5. The van der Waals surface area contributed by atoms with Crippen LogP contribution in [0.25, 0.3) is 11.4 Å². The summed E-state index contributed by atoms with van der Waals surface area (Å²) in [6.07, 6.45) is 0.914. The largest absolute Gasteiger partial charge is 0.370 e. The normalized spacial score (nSPS) is 10.6. The lowest BCUT2D eigenvalue weighted by Crippen LogP contribution is -2.03. The van der Waals surface area contributed by atoms with Crippen molar-refractivity contribution in [2.45, 2.75) is 32.1 Å². The van der Waals surface area contributed by atoms with Crippen molar-refractivity contribution < 1.29 is 0 Å². The lowest BCUT2D eigenvalue weighted by molar-refractivity contribution is 0.998. The van der Waals surface area contributed by atoms with Gasteiger partial charge in [-0.25, -0.2) is 9.97 Å². The number of anilines is 1. The molecule has 0 fully saturated rings. The van der Waals surface area contributed by atoms with Crippen LogP contribution in [0.2, 0.25) is 0 Å². The second-order valence-corrected chi connectivity index (χ2v) is 5.75. The summed E-state index contributed by atoms with van der Waals surface area (Å²) in [6.45, 7) is 7.22. The molecule has 0 atom stereocenters. The number of hydrogen-bond acceptors (Lipinski definition) is 4. The van der Waals surface area contributed by atoms with Crippen molar-refractivity contribution >= 4 is 17.6 Å². The summed E-state index contributed by atoms with van der Waals surface area (Å²) in [5.41, 5.74) is 2.14. The number of rotatable bonds is 6. The van der Waals surface area contributed by atoms with E-state index in [1.54, 1.807) is 0 Å². The van der Waals surface area contributed by atoms with Crippen molar-refractivity contribution in [1.29, 1.82) is 0 Å². The van der Waals surface area contributed by atoms with Crippen molar-refractivity contribution in [3.63, 3.8) is 0 Å². The number of nitrogens with one attached hydrogen (secondary N) is 1. The molecule has 20 heavy (non-hydrogen) atoms. The van der Waals surface area contributed by atoms with Crippen LogP contribution < -0.4 is 5.32 Å². The lowest BCUT2D eigenvalue weighted by Gasteiger charge is -2.08. The first-order valence-corrected chi connectivity index (χ1v) is 8.10. The third kappa shape index (κ3) is 3.73. The van der Waals surface area contributed by atoms with Crippen molar-refractivity contribution in [2.24, 2.45) is 0 Å². The van der Waals surface area contributed by atoms with Crippen molar-refractivity contribution in [3.05, 3.63) is 36.0 Å². The van der Waals surface area contributed by atoms with Gasteiger partial charge >= 0.3 is 0 Å². The van der Waals surface area contributed by atoms with Crippen molar-refractivity contribution in [3.8, 4) is 11.4 Å². The summed E-state index contributed by atoms with van der Waals surface area (Å²) >= 11 is 1.84. The van der Waals surface area contributed by atoms with Crippen LogP contribution in [0.15, 0.2) is 35.2 Å². The molecule has 0 radical (unpaired) electrons. The van der Waals surface area contributed by atoms with E-state index in [1.165, 1.54) is 4.90 Å². The van der Waals surface area contributed by atoms with Gasteiger partial charge in [0, 0.05) is 28.8 Å². The Kier molecular flexibility index (Phi) is 5.41. The molecule has 0 saturated heterocycles. The Morgan fingerprint density at radius 3 is 2.40 bits per heavy atom. The summed E-state index contributed by atoms with van der Waals surface area (Å²) in [5, 5.41) is 3.27. The van der Waals surface area contributed by atoms with E-state index in [9.17, 15) is 0 Å². The van der Waals surface area contributed by atoms with Gasteiger partial charge in [0.25, 0.3) is 0 Å². The van der Waals surface area contributed by atoms with Crippen LogP contribution in [0, 0.1) is 0 Å². The molecule has 1 aromatic carbocycles. The molecule has 0 bridgehead atoms. The van der Waals surface area contributed by atoms with Gasteiger partial charge < -0.3 is 5.32 Å². The van der Waals surface area contributed by atoms with Crippen LogP contribution >= 0.6 is 11.8 Å². The van der Waals surface area contributed by atoms with Crippen LogP contribution in [-0.4, -0.2) is 22.3 Å². The van der Waals surface area contributed by atoms with Gasteiger partial charge in [-0.15, -0.1) is 11.8 Å². The molecule has 106 valence electrons. The molecular weight excluding hydrogens is 266 g/mol. The highest BCUT2D eigenvalue weighted by Crippen LogP contribution is 2.23. The van der Waals surface area contributed by atoms with E-state index in [0.717, 1.165) is 41.6 Å². The second-order valence-electron chi connectivity index (χ2n) is 4.41. The van der Waals surface area contributed by atoms with Crippen LogP contribution in [0.4, 0.5) is 5.82 Å². The van der Waals surface area contributed by atoms with E-state index >= 15 is 0 Å². The summed E-state index contributed by atoms with van der Waals surface area (Å²) in [5.74, 6) is 2.79. The molecule has 0 unspecified atom stereocenters. The first-order chi connectivity index (χ1) is 9.76. The number of nitrogens with zero attached hydrogens (tertiary/aromatic N) is 2. The zero-order valence-corrected chi connectivity index (χ0v) is 13.1. The fourth-order valence-electron chi connectivity index (χ4n) is 1.95. The standard InChI is InChI=1S/C16H21N3S/c1-4-13-11-15(17-5-2)19-16(18-13)12-7-9-14(10-8-12)20-6-3/h7-11H,4-6H2,1-3H3,(H,17,18,19). The summed E-state index contributed by atoms with van der Waals surface area (Å²) in [4.78, 5) is 10.5. The van der Waals surface area contributed by atoms with Gasteiger partial charge in [-0.1, -0.05) is 26.0 Å². The number of aromatic nitrogens is 2. The molecule has 0 aliphatic rings. The monoisotopic (exact) mass is 287 g/mol. The summed E-state index contributed by atoms with van der Waals surface area (Å²) < 4.78 is 0. The Morgan fingerprint density at radius 1 is 1.05 bits per heavy atom. The molecular formula is C16H21N3S. The van der Waals surface area contributed by atoms with Gasteiger partial charge in [0.1, 0.15) is 5.82 Å². The molecule has 0 aliphatic heterocycles. The maximum Gasteiger partial charge on any atom is 0.161 e. The molecule has 0 aliphatic carbocycles. The van der Waals surface area contributed by atoms with E-state index < -0.39 is 0 Å². The van der Waals surface area contributed by atoms with E-state index in [0.29, 0.717) is 0 Å². The van der Waals surface area contributed by atoms with Gasteiger partial charge in [0.2, 0.25) is 0 Å². The highest BCUT2D eigenvalue weighted by atomic mass is 32.2. The molecule has 2 aromatic rings. The molecule has 0 amide bonds. The number of hydrogen-bond donors (Lipinski definition) is 1. The first kappa shape index (κ1) is 14.9. The molecule has 1 N–H and O–H groups in total. The molecule has 1 aromatic heterocycles. The van der Waals surface area contributed by atoms with E-state index in [1.807, 2.05) is 17.8 Å². The first-order valence-electron chi connectivity index (χ1n) is 7.11. The maximum atomic E-state index is 4.62. The van der Waals surface area contributed by atoms with Crippen LogP contribution in [0.5, 0.6) is 0 Å². The number of benzene rings is 1. The Hall–Kier alpha value is -1.55. The van der Waals surface area contributed by atoms with E-state index in [-0.39, 0.29) is 0 Å². The van der Waals surface area contributed by atoms with Crippen molar-refractivity contribution in [1.82, 2.24) is 9.97 Å². The third-order valence-corrected chi connectivity index (χ3v) is 3.82. The highest BCUT2D eigenvalue weighted by Gasteiger charge is 2.06. The molecule has 1 heterocycles. The van der Waals surface area contributed by atoms with Crippen LogP contribution in [-0.2, 0) is 6.42 Å². The second kappa shape index (κ2) is 7.29. The van der Waals surface area contributed by atoms with Gasteiger partial charge in [0.05, 0.1) is 0 Å². The Bertz CT molecular complexity index is 552. The van der Waals surface area contributed by atoms with Gasteiger partial charge in [-0.05, 0) is 31.2 Å². The Balaban J connectivity index is 2.32. The highest BCUT2D eigenvalue weighted by molar-refractivity contribution is 7.99. The SMILES string of the molecule is CCNc1cc(CC)nc(-c2ccc(SCC)cc2)n1. The Morgan fingerprint density at radius 2 is 1.80 bits per heavy atom. The van der Waals surface area contributed by atoms with E-state index in [2.05, 4.69) is 60.3 Å². The molecule has 2 rings (SSSR count). The minimum absolute atomic E-state index is 0.799. The number of aryl methyl sites for hydroxylation is 1. The topological polar surface area (TPSA) is 37.8 Å². The lowest BCUT2D eigenvalue weighted by atomic mass is 10.2. The third-order valence-electron chi connectivity index (χ3n) is 2.92. The average molecular weight is 287 g/mol. The number of thioether (sulfide) groups is 1. The predicted molar refractivity (Wildman–Crippen MR) is 87.4 cm³/mol. The maximum absolute atomic E-state index is 4.62. The fourth-order valence-corrected chi connectivity index (χ4v) is 2.61. The minimum Gasteiger partial charge on any atom is -0.370 e. The predicted octanol–water partition coefficient (Wildman–Crippen LogP) is 4.25. The fraction of sp³-hybridized carbons (Fsp3) is 0.375. The van der Waals surface area contributed by atoms with E-state index in [4.69, 9.17) is 0 Å². The molecule has 3 nitrogen and oxygen atoms in total. The zero-order valence-electron chi connectivity index (χ0n) is 12.3. The molecule has 0 saturated carbocycles. The molecule has 4 heteroatoms. The van der Waals surface area contributed by atoms with Crippen LogP contribution in [0.1, 0.15) is 26.5 Å². The smallest absolute Gasteiger partial charge is 0.161 e. The quantitative estimate of drug-likeness (QED) is 0.806. The zero-order chi connectivity index (χ0) is 14.4.